The lowest BCUT2D eigenvalue weighted by atomic mass is 9.92. The van der Waals surface area contributed by atoms with Crippen LogP contribution in [0.5, 0.6) is 0 Å². The van der Waals surface area contributed by atoms with Gasteiger partial charge < -0.3 is 15.3 Å². The number of nitrogens with zero attached hydrogens (tertiary/aromatic N) is 1. The minimum atomic E-state index is -0.726. The zero-order valence-electron chi connectivity index (χ0n) is 11.9. The molecule has 112 valence electrons. The number of urea groups is 1. The molecule has 1 aliphatic carbocycles. The number of hydrogen-bond donors (Lipinski definition) is 2. The molecule has 2 rings (SSSR count). The lowest BCUT2D eigenvalue weighted by Crippen LogP contribution is -2.48. The van der Waals surface area contributed by atoms with Crippen LogP contribution in [0.1, 0.15) is 44.9 Å². The van der Waals surface area contributed by atoms with Crippen molar-refractivity contribution in [1.82, 2.24) is 10.2 Å². The molecule has 1 saturated heterocycles. The number of hydrogen-bond acceptors (Lipinski definition) is 2. The Balaban J connectivity index is 1.68. The van der Waals surface area contributed by atoms with Gasteiger partial charge in [-0.1, -0.05) is 12.2 Å². The van der Waals surface area contributed by atoms with Gasteiger partial charge in [0.25, 0.3) is 0 Å². The Morgan fingerprint density at radius 1 is 1.20 bits per heavy atom. The minimum Gasteiger partial charge on any atom is -0.481 e. The third-order valence-electron chi connectivity index (χ3n) is 4.26. The van der Waals surface area contributed by atoms with Crippen molar-refractivity contribution < 1.29 is 14.7 Å². The molecule has 2 N–H and O–H groups in total. The maximum atomic E-state index is 12.1. The number of aliphatic carboxylic acids is 1. The fraction of sp³-hybridized carbons (Fsp3) is 0.733. The summed E-state index contributed by atoms with van der Waals surface area (Å²) in [6.45, 7) is 1.50. The van der Waals surface area contributed by atoms with Crippen LogP contribution in [0.3, 0.4) is 0 Å². The summed E-state index contributed by atoms with van der Waals surface area (Å²) in [6.07, 6.45) is 10.1. The van der Waals surface area contributed by atoms with Gasteiger partial charge in [-0.15, -0.1) is 0 Å². The van der Waals surface area contributed by atoms with Gasteiger partial charge in [0.2, 0.25) is 0 Å². The number of likely N-dealkylation sites (tertiary alicyclic amines) is 1. The molecule has 0 aromatic heterocycles. The van der Waals surface area contributed by atoms with Crippen molar-refractivity contribution in [3.63, 3.8) is 0 Å². The number of rotatable bonds is 4. The lowest BCUT2D eigenvalue weighted by Gasteiger charge is -2.33. The number of piperidine rings is 1. The zero-order chi connectivity index (χ0) is 14.4. The summed E-state index contributed by atoms with van der Waals surface area (Å²) in [5.41, 5.74) is 0. The summed E-state index contributed by atoms with van der Waals surface area (Å²) in [7, 11) is 0. The van der Waals surface area contributed by atoms with Crippen molar-refractivity contribution >= 4 is 12.0 Å². The lowest BCUT2D eigenvalue weighted by molar-refractivity contribution is -0.137. The quantitative estimate of drug-likeness (QED) is 0.777. The molecular weight excluding hydrogens is 256 g/mol. The van der Waals surface area contributed by atoms with Crippen molar-refractivity contribution in [3.05, 3.63) is 12.2 Å². The molecule has 5 nitrogen and oxygen atoms in total. The summed E-state index contributed by atoms with van der Waals surface area (Å²) in [5.74, 6) is -0.275. The summed E-state index contributed by atoms with van der Waals surface area (Å²) in [5, 5.41) is 11.8. The van der Waals surface area contributed by atoms with Crippen LogP contribution < -0.4 is 5.32 Å². The third kappa shape index (κ3) is 4.54. The molecule has 0 aromatic rings. The number of amides is 2. The molecule has 0 saturated carbocycles. The predicted octanol–water partition coefficient (Wildman–Crippen LogP) is 2.38. The number of allylic oxidation sites excluding steroid dienone is 1. The van der Waals surface area contributed by atoms with Gasteiger partial charge in [-0.2, -0.15) is 0 Å². The van der Waals surface area contributed by atoms with Crippen molar-refractivity contribution in [2.24, 2.45) is 5.92 Å². The van der Waals surface area contributed by atoms with E-state index in [9.17, 15) is 9.59 Å². The zero-order valence-corrected chi connectivity index (χ0v) is 11.9. The Morgan fingerprint density at radius 2 is 1.95 bits per heavy atom. The molecule has 1 atom stereocenters. The second kappa shape index (κ2) is 7.31. The summed E-state index contributed by atoms with van der Waals surface area (Å²) in [4.78, 5) is 24.6. The van der Waals surface area contributed by atoms with Crippen LogP contribution in [-0.4, -0.2) is 41.1 Å². The van der Waals surface area contributed by atoms with E-state index in [1.165, 1.54) is 0 Å². The summed E-state index contributed by atoms with van der Waals surface area (Å²) in [6, 6.07) is 0.319. The van der Waals surface area contributed by atoms with Crippen molar-refractivity contribution in [2.75, 3.05) is 13.1 Å². The van der Waals surface area contributed by atoms with E-state index in [-0.39, 0.29) is 18.5 Å². The van der Waals surface area contributed by atoms with E-state index in [0.29, 0.717) is 5.92 Å². The van der Waals surface area contributed by atoms with Crippen molar-refractivity contribution in [1.29, 1.82) is 0 Å². The Bertz CT molecular complexity index is 373. The van der Waals surface area contributed by atoms with Crippen LogP contribution >= 0.6 is 0 Å². The van der Waals surface area contributed by atoms with Crippen LogP contribution in [0, 0.1) is 5.92 Å². The van der Waals surface area contributed by atoms with Crippen LogP contribution in [0.4, 0.5) is 4.79 Å². The molecule has 0 radical (unpaired) electrons. The normalized spacial score (nSPS) is 23.6. The highest BCUT2D eigenvalue weighted by atomic mass is 16.4. The van der Waals surface area contributed by atoms with E-state index < -0.39 is 5.97 Å². The van der Waals surface area contributed by atoms with E-state index >= 15 is 0 Å². The van der Waals surface area contributed by atoms with E-state index in [4.69, 9.17) is 5.11 Å². The smallest absolute Gasteiger partial charge is 0.317 e. The Morgan fingerprint density at radius 3 is 2.55 bits per heavy atom. The van der Waals surface area contributed by atoms with E-state index in [1.54, 1.807) is 0 Å². The highest BCUT2D eigenvalue weighted by Crippen LogP contribution is 2.22. The molecular formula is C15H24N2O3. The number of carbonyl (C=O) groups is 2. The standard InChI is InChI=1S/C15H24N2O3/c18-14(19)7-6-12-8-10-17(11-9-12)15(20)16-13-4-2-1-3-5-13/h1-2,12-13H,3-11H2,(H,16,20)(H,18,19). The average Bonchev–Trinajstić information content (AvgIpc) is 2.46. The van der Waals surface area contributed by atoms with Crippen LogP contribution in [-0.2, 0) is 4.79 Å². The second-order valence-corrected chi connectivity index (χ2v) is 5.79. The Labute approximate surface area is 120 Å². The summed E-state index contributed by atoms with van der Waals surface area (Å²) < 4.78 is 0. The van der Waals surface area contributed by atoms with E-state index in [1.807, 2.05) is 4.90 Å². The number of nitrogens with one attached hydrogen (secondary N) is 1. The van der Waals surface area contributed by atoms with Gasteiger partial charge in [0.1, 0.15) is 0 Å². The van der Waals surface area contributed by atoms with Crippen LogP contribution in [0.15, 0.2) is 12.2 Å². The number of carboxylic acid groups (broad SMARTS) is 1. The molecule has 5 heteroatoms. The topological polar surface area (TPSA) is 69.6 Å². The molecule has 1 heterocycles. The predicted molar refractivity (Wildman–Crippen MR) is 76.5 cm³/mol. The molecule has 0 aromatic carbocycles. The Hall–Kier alpha value is -1.52. The van der Waals surface area contributed by atoms with Gasteiger partial charge in [-0.3, -0.25) is 4.79 Å². The number of carboxylic acids is 1. The Kier molecular flexibility index (Phi) is 5.44. The fourth-order valence-electron chi connectivity index (χ4n) is 2.94. The molecule has 1 unspecified atom stereocenters. The van der Waals surface area contributed by atoms with Gasteiger partial charge in [-0.05, 0) is 44.4 Å². The maximum absolute atomic E-state index is 12.1. The summed E-state index contributed by atoms with van der Waals surface area (Å²) >= 11 is 0. The second-order valence-electron chi connectivity index (χ2n) is 5.79. The SMILES string of the molecule is O=C(O)CCC1CCN(C(=O)NC2CC=CCC2)CC1. The molecule has 1 fully saturated rings. The van der Waals surface area contributed by atoms with Gasteiger partial charge >= 0.3 is 12.0 Å². The molecule has 1 aliphatic heterocycles. The first-order valence-electron chi connectivity index (χ1n) is 7.57. The maximum Gasteiger partial charge on any atom is 0.317 e. The average molecular weight is 280 g/mol. The first kappa shape index (κ1) is 14.9. The van der Waals surface area contributed by atoms with E-state index in [0.717, 1.165) is 51.6 Å². The van der Waals surface area contributed by atoms with Crippen molar-refractivity contribution in [2.45, 2.75) is 51.0 Å². The minimum absolute atomic E-state index is 0.0435. The highest BCUT2D eigenvalue weighted by molar-refractivity contribution is 5.74. The van der Waals surface area contributed by atoms with Gasteiger partial charge in [0.15, 0.2) is 0 Å². The molecule has 0 bridgehead atoms. The van der Waals surface area contributed by atoms with E-state index in [2.05, 4.69) is 17.5 Å². The molecule has 2 aliphatic rings. The largest absolute Gasteiger partial charge is 0.481 e. The van der Waals surface area contributed by atoms with Crippen molar-refractivity contribution in [3.8, 4) is 0 Å². The molecule has 20 heavy (non-hydrogen) atoms. The molecule has 0 spiro atoms. The third-order valence-corrected chi connectivity index (χ3v) is 4.26. The molecule has 2 amide bonds. The fourth-order valence-corrected chi connectivity index (χ4v) is 2.94. The van der Waals surface area contributed by atoms with Gasteiger partial charge in [0.05, 0.1) is 0 Å². The van der Waals surface area contributed by atoms with Gasteiger partial charge in [0, 0.05) is 25.6 Å². The van der Waals surface area contributed by atoms with Crippen LogP contribution in [0.2, 0.25) is 0 Å². The van der Waals surface area contributed by atoms with Gasteiger partial charge in [-0.25, -0.2) is 4.79 Å². The first-order chi connectivity index (χ1) is 9.65. The van der Waals surface area contributed by atoms with Crippen LogP contribution in [0.25, 0.3) is 0 Å². The monoisotopic (exact) mass is 280 g/mol. The first-order valence-corrected chi connectivity index (χ1v) is 7.57. The highest BCUT2D eigenvalue weighted by Gasteiger charge is 2.24. The number of carbonyl (C=O) groups excluding carboxylic acids is 1.